The molecule has 11 heteroatoms. The summed E-state index contributed by atoms with van der Waals surface area (Å²) in [5.41, 5.74) is 6.00. The predicted molar refractivity (Wildman–Crippen MR) is 189 cm³/mol. The molecule has 0 bridgehead atoms. The van der Waals surface area contributed by atoms with Gasteiger partial charge in [-0.15, -0.1) is 0 Å². The fourth-order valence-corrected chi connectivity index (χ4v) is 6.41. The summed E-state index contributed by atoms with van der Waals surface area (Å²) < 4.78 is 9.41. The van der Waals surface area contributed by atoms with Crippen molar-refractivity contribution < 1.29 is 23.9 Å². The Balaban J connectivity index is 0.992. The van der Waals surface area contributed by atoms with Gasteiger partial charge < -0.3 is 29.4 Å². The molecule has 0 spiro atoms. The van der Waals surface area contributed by atoms with E-state index in [0.717, 1.165) is 36.9 Å². The SMILES string of the molecule is Cc1ccc(NC(=O)c2cc(CC(=O)c3cc(NC(=O)CCCOc4cc5c(cc4C)C(=O)N4CCCC[C@H]4C=N5)cn3C)cn2C)cc1. The minimum absolute atomic E-state index is 0.0158. The van der Waals surface area contributed by atoms with Gasteiger partial charge >= 0.3 is 0 Å². The number of ether oxygens (including phenoxy) is 1. The van der Waals surface area contributed by atoms with Gasteiger partial charge in [-0.2, -0.15) is 0 Å². The molecule has 1 saturated heterocycles. The summed E-state index contributed by atoms with van der Waals surface area (Å²) in [6.07, 6.45) is 9.21. The van der Waals surface area contributed by atoms with E-state index in [9.17, 15) is 19.2 Å². The molecule has 0 unspecified atom stereocenters. The Bertz CT molecular complexity index is 1940. The zero-order valence-electron chi connectivity index (χ0n) is 28.4. The summed E-state index contributed by atoms with van der Waals surface area (Å²) in [5.74, 6) is 0.0835. The van der Waals surface area contributed by atoms with E-state index in [4.69, 9.17) is 4.74 Å². The smallest absolute Gasteiger partial charge is 0.272 e. The Kier molecular flexibility index (Phi) is 9.80. The van der Waals surface area contributed by atoms with E-state index < -0.39 is 0 Å². The quantitative estimate of drug-likeness (QED) is 0.147. The first-order valence-electron chi connectivity index (χ1n) is 16.7. The number of carbonyl (C=O) groups excluding carboxylic acids is 4. The number of aliphatic imine (C=N–C) groups is 1. The van der Waals surface area contributed by atoms with Gasteiger partial charge in [0.05, 0.1) is 35.3 Å². The van der Waals surface area contributed by atoms with E-state index in [1.807, 2.05) is 61.4 Å². The van der Waals surface area contributed by atoms with Crippen LogP contribution in [-0.2, 0) is 25.3 Å². The molecule has 2 aliphatic rings. The van der Waals surface area contributed by atoms with Crippen molar-refractivity contribution in [3.05, 3.63) is 94.6 Å². The van der Waals surface area contributed by atoms with Crippen molar-refractivity contribution in [3.63, 3.8) is 0 Å². The molecule has 3 amide bonds. The number of anilines is 2. The molecular weight excluding hydrogens is 620 g/mol. The number of hydrogen-bond donors (Lipinski definition) is 2. The number of hydrogen-bond acceptors (Lipinski definition) is 6. The molecule has 2 aromatic carbocycles. The van der Waals surface area contributed by atoms with Crippen LogP contribution in [-0.4, -0.2) is 62.9 Å². The molecule has 254 valence electrons. The van der Waals surface area contributed by atoms with E-state index in [1.54, 1.807) is 47.8 Å². The van der Waals surface area contributed by atoms with E-state index in [1.165, 1.54) is 0 Å². The second-order valence-electron chi connectivity index (χ2n) is 13.0. The number of piperidine rings is 1. The van der Waals surface area contributed by atoms with Crippen molar-refractivity contribution >= 4 is 46.8 Å². The summed E-state index contributed by atoms with van der Waals surface area (Å²) >= 11 is 0. The molecular formula is C38H42N6O5. The highest BCUT2D eigenvalue weighted by molar-refractivity contribution is 6.04. The average Bonchev–Trinajstić information content (AvgIpc) is 3.60. The van der Waals surface area contributed by atoms with Crippen molar-refractivity contribution in [2.24, 2.45) is 19.1 Å². The van der Waals surface area contributed by atoms with Gasteiger partial charge in [0.15, 0.2) is 5.78 Å². The van der Waals surface area contributed by atoms with Crippen LogP contribution in [0.1, 0.15) is 80.1 Å². The van der Waals surface area contributed by atoms with Crippen molar-refractivity contribution in [1.82, 2.24) is 14.0 Å². The van der Waals surface area contributed by atoms with Crippen molar-refractivity contribution in [1.29, 1.82) is 0 Å². The summed E-state index contributed by atoms with van der Waals surface area (Å²) in [6.45, 7) is 4.96. The number of carbonyl (C=O) groups is 4. The Morgan fingerprint density at radius 1 is 0.918 bits per heavy atom. The number of ketones is 1. The van der Waals surface area contributed by atoms with Crippen molar-refractivity contribution in [2.45, 2.75) is 58.4 Å². The van der Waals surface area contributed by atoms with Gasteiger partial charge in [-0.25, -0.2) is 0 Å². The van der Waals surface area contributed by atoms with Crippen LogP contribution in [0.2, 0.25) is 0 Å². The Hall–Kier alpha value is -5.45. The Labute approximate surface area is 286 Å². The van der Waals surface area contributed by atoms with Gasteiger partial charge in [-0.1, -0.05) is 17.7 Å². The summed E-state index contributed by atoms with van der Waals surface area (Å²) in [5, 5.41) is 5.77. The first kappa shape index (κ1) is 33.5. The zero-order valence-corrected chi connectivity index (χ0v) is 28.4. The maximum Gasteiger partial charge on any atom is 0.272 e. The number of aryl methyl sites for hydroxylation is 4. The molecule has 4 heterocycles. The van der Waals surface area contributed by atoms with Crippen LogP contribution in [0.4, 0.5) is 17.1 Å². The molecule has 6 rings (SSSR count). The Morgan fingerprint density at radius 2 is 1.69 bits per heavy atom. The van der Waals surface area contributed by atoms with E-state index >= 15 is 0 Å². The van der Waals surface area contributed by atoms with Gasteiger partial charge in [0.1, 0.15) is 11.4 Å². The molecule has 1 atom stereocenters. The molecule has 0 aliphatic carbocycles. The molecule has 0 saturated carbocycles. The van der Waals surface area contributed by atoms with Crippen LogP contribution < -0.4 is 15.4 Å². The van der Waals surface area contributed by atoms with Crippen LogP contribution in [0.15, 0.2) is 65.9 Å². The number of aromatic nitrogens is 2. The Morgan fingerprint density at radius 3 is 2.49 bits per heavy atom. The van der Waals surface area contributed by atoms with Gasteiger partial charge in [-0.05, 0) is 81.0 Å². The lowest BCUT2D eigenvalue weighted by Gasteiger charge is -2.32. The van der Waals surface area contributed by atoms with Crippen molar-refractivity contribution in [3.8, 4) is 5.75 Å². The third-order valence-electron chi connectivity index (χ3n) is 9.07. The summed E-state index contributed by atoms with van der Waals surface area (Å²) in [7, 11) is 3.53. The third-order valence-corrected chi connectivity index (χ3v) is 9.07. The molecule has 2 aliphatic heterocycles. The first-order chi connectivity index (χ1) is 23.5. The van der Waals surface area contributed by atoms with Gasteiger partial charge in [-0.3, -0.25) is 24.2 Å². The van der Waals surface area contributed by atoms with Crippen LogP contribution >= 0.6 is 0 Å². The van der Waals surface area contributed by atoms with Crippen LogP contribution in [0, 0.1) is 13.8 Å². The third kappa shape index (κ3) is 7.66. The molecule has 1 fully saturated rings. The van der Waals surface area contributed by atoms with Crippen LogP contribution in [0.5, 0.6) is 5.75 Å². The second kappa shape index (κ2) is 14.3. The summed E-state index contributed by atoms with van der Waals surface area (Å²) in [4.78, 5) is 58.6. The lowest BCUT2D eigenvalue weighted by atomic mass is 10.0. The molecule has 0 radical (unpaired) electrons. The number of benzene rings is 2. The number of nitrogens with zero attached hydrogens (tertiary/aromatic N) is 4. The minimum atomic E-state index is -0.256. The van der Waals surface area contributed by atoms with Gasteiger partial charge in [0.2, 0.25) is 5.91 Å². The molecule has 4 aromatic rings. The molecule has 11 nitrogen and oxygen atoms in total. The maximum absolute atomic E-state index is 13.2. The van der Waals surface area contributed by atoms with Crippen LogP contribution in [0.3, 0.4) is 0 Å². The lowest BCUT2D eigenvalue weighted by Crippen LogP contribution is -2.43. The van der Waals surface area contributed by atoms with Crippen LogP contribution in [0.25, 0.3) is 0 Å². The number of rotatable bonds is 11. The average molecular weight is 663 g/mol. The second-order valence-corrected chi connectivity index (χ2v) is 13.0. The molecule has 2 aromatic heterocycles. The number of fused-ring (bicyclic) bond motifs is 2. The van der Waals surface area contributed by atoms with E-state index in [2.05, 4.69) is 15.6 Å². The molecule has 49 heavy (non-hydrogen) atoms. The normalized spacial score (nSPS) is 15.3. The highest BCUT2D eigenvalue weighted by Gasteiger charge is 2.30. The predicted octanol–water partition coefficient (Wildman–Crippen LogP) is 6.17. The highest BCUT2D eigenvalue weighted by atomic mass is 16.5. The number of Topliss-reactive ketones (excluding diaryl/α,β-unsaturated/α-hetero) is 1. The lowest BCUT2D eigenvalue weighted by molar-refractivity contribution is -0.116. The van der Waals surface area contributed by atoms with Crippen molar-refractivity contribution in [2.75, 3.05) is 23.8 Å². The maximum atomic E-state index is 13.2. The molecule has 2 N–H and O–H groups in total. The van der Waals surface area contributed by atoms with E-state index in [-0.39, 0.29) is 42.4 Å². The fraction of sp³-hybridized carbons (Fsp3) is 0.342. The number of amides is 3. The van der Waals surface area contributed by atoms with Gasteiger partial charge in [0, 0.05) is 63.8 Å². The highest BCUT2D eigenvalue weighted by Crippen LogP contribution is 2.33. The first-order valence-corrected chi connectivity index (χ1v) is 16.7. The minimum Gasteiger partial charge on any atom is -0.493 e. The topological polar surface area (TPSA) is 127 Å². The standard InChI is InChI=1S/C38H42N6O5/c1-24-10-12-27(13-11-24)41-37(47)33-17-26(22-42(33)3)18-34(45)32-19-28(23-43(32)4)40-36(46)9-7-15-49-35-20-31-30(16-25(35)2)38(48)44-14-6-5-8-29(44)21-39-31/h10-13,16-17,19-23,29H,5-9,14-15,18H2,1-4H3,(H,40,46)(H,41,47)/t29-/m0/s1. The zero-order chi connectivity index (χ0) is 34.7. The monoisotopic (exact) mass is 662 g/mol. The fourth-order valence-electron chi connectivity index (χ4n) is 6.41. The van der Waals surface area contributed by atoms with E-state index in [0.29, 0.717) is 58.4 Å². The summed E-state index contributed by atoms with van der Waals surface area (Å²) in [6, 6.07) is 14.6. The number of nitrogens with one attached hydrogen (secondary N) is 2. The van der Waals surface area contributed by atoms with Gasteiger partial charge in [0.25, 0.3) is 11.8 Å². The largest absolute Gasteiger partial charge is 0.493 e.